The molecule has 1 unspecified atom stereocenters. The van der Waals surface area contributed by atoms with E-state index in [-0.39, 0.29) is 0 Å². The first kappa shape index (κ1) is 7.07. The fourth-order valence-electron chi connectivity index (χ4n) is 1.79. The molecule has 0 aliphatic carbocycles. The van der Waals surface area contributed by atoms with Gasteiger partial charge in [-0.05, 0) is 25.3 Å². The minimum absolute atomic E-state index is 0.514. The third kappa shape index (κ3) is 0.877. The molecule has 0 radical (unpaired) electrons. The molecule has 1 N–H and O–H groups in total. The Labute approximate surface area is 57.8 Å². The zero-order chi connectivity index (χ0) is 6.91. The van der Waals surface area contributed by atoms with Gasteiger partial charge in [0, 0.05) is 5.54 Å². The van der Waals surface area contributed by atoms with E-state index in [1.165, 1.54) is 19.4 Å². The molecule has 1 fully saturated rings. The van der Waals surface area contributed by atoms with Crippen LogP contribution in [0.3, 0.4) is 0 Å². The van der Waals surface area contributed by atoms with Gasteiger partial charge in [0.1, 0.15) is 0 Å². The van der Waals surface area contributed by atoms with Gasteiger partial charge in [-0.1, -0.05) is 20.8 Å². The van der Waals surface area contributed by atoms with Crippen LogP contribution in [0.5, 0.6) is 0 Å². The molecule has 0 amide bonds. The van der Waals surface area contributed by atoms with Crippen molar-refractivity contribution in [3.63, 3.8) is 0 Å². The molecule has 1 rings (SSSR count). The van der Waals surface area contributed by atoms with Gasteiger partial charge in [-0.2, -0.15) is 0 Å². The predicted octanol–water partition coefficient (Wildman–Crippen LogP) is 1.78. The molecule has 0 saturated carbocycles. The molecule has 1 heteroatoms. The summed E-state index contributed by atoms with van der Waals surface area (Å²) >= 11 is 0. The van der Waals surface area contributed by atoms with Crippen molar-refractivity contribution >= 4 is 0 Å². The highest BCUT2D eigenvalue weighted by molar-refractivity contribution is 4.99. The second-order valence-corrected chi connectivity index (χ2v) is 3.15. The van der Waals surface area contributed by atoms with Gasteiger partial charge in [0.05, 0.1) is 0 Å². The summed E-state index contributed by atoms with van der Waals surface area (Å²) in [5, 5.41) is 3.51. The molecule has 1 saturated heterocycles. The van der Waals surface area contributed by atoms with Gasteiger partial charge >= 0.3 is 0 Å². The van der Waals surface area contributed by atoms with Crippen molar-refractivity contribution in [3.05, 3.63) is 0 Å². The molecule has 0 spiro atoms. The first-order valence-electron chi connectivity index (χ1n) is 4.00. The van der Waals surface area contributed by atoms with Crippen LogP contribution in [0.4, 0.5) is 0 Å². The van der Waals surface area contributed by atoms with Crippen LogP contribution >= 0.6 is 0 Å². The Hall–Kier alpha value is -0.0400. The van der Waals surface area contributed by atoms with Crippen LogP contribution in [-0.2, 0) is 0 Å². The van der Waals surface area contributed by atoms with Crippen LogP contribution in [0.25, 0.3) is 0 Å². The van der Waals surface area contributed by atoms with Gasteiger partial charge in [0.2, 0.25) is 0 Å². The van der Waals surface area contributed by atoms with Gasteiger partial charge in [-0.15, -0.1) is 0 Å². The van der Waals surface area contributed by atoms with E-state index in [1.807, 2.05) is 0 Å². The quantitative estimate of drug-likeness (QED) is 0.596. The monoisotopic (exact) mass is 127 g/mol. The van der Waals surface area contributed by atoms with Crippen molar-refractivity contribution in [2.45, 2.75) is 39.2 Å². The number of nitrogens with one attached hydrogen (secondary N) is 1. The molecule has 9 heavy (non-hydrogen) atoms. The van der Waals surface area contributed by atoms with Gasteiger partial charge < -0.3 is 5.32 Å². The Morgan fingerprint density at radius 1 is 1.44 bits per heavy atom. The summed E-state index contributed by atoms with van der Waals surface area (Å²) in [6.45, 7) is 8.10. The van der Waals surface area contributed by atoms with Crippen molar-refractivity contribution in [1.29, 1.82) is 0 Å². The molecule has 1 atom stereocenters. The zero-order valence-electron chi connectivity index (χ0n) is 6.70. The Balaban J connectivity index is 2.48. The number of hydrogen-bond donors (Lipinski definition) is 1. The van der Waals surface area contributed by atoms with Crippen LogP contribution in [0.2, 0.25) is 0 Å². The smallest absolute Gasteiger partial charge is 0.0214 e. The summed E-state index contributed by atoms with van der Waals surface area (Å²) < 4.78 is 0. The summed E-state index contributed by atoms with van der Waals surface area (Å²) in [6.07, 6.45) is 2.56. The van der Waals surface area contributed by atoms with Crippen LogP contribution in [-0.4, -0.2) is 12.1 Å². The lowest BCUT2D eigenvalue weighted by Crippen LogP contribution is -2.63. The summed E-state index contributed by atoms with van der Waals surface area (Å²) in [7, 11) is 0. The standard InChI is InChI=1S/C8H17N/c1-4-8(5-2)7(3)6-9-8/h7,9H,4-6H2,1-3H3. The van der Waals surface area contributed by atoms with Crippen LogP contribution in [0, 0.1) is 5.92 Å². The Morgan fingerprint density at radius 3 is 2.00 bits per heavy atom. The molecule has 54 valence electrons. The van der Waals surface area contributed by atoms with E-state index < -0.39 is 0 Å². The summed E-state index contributed by atoms with van der Waals surface area (Å²) in [4.78, 5) is 0. The van der Waals surface area contributed by atoms with Crippen molar-refractivity contribution in [3.8, 4) is 0 Å². The molecule has 1 nitrogen and oxygen atoms in total. The van der Waals surface area contributed by atoms with Crippen molar-refractivity contribution in [1.82, 2.24) is 5.32 Å². The van der Waals surface area contributed by atoms with E-state index >= 15 is 0 Å². The lowest BCUT2D eigenvalue weighted by atomic mass is 9.74. The first-order valence-corrected chi connectivity index (χ1v) is 4.00. The third-order valence-electron chi connectivity index (χ3n) is 2.97. The molecule has 1 heterocycles. The number of rotatable bonds is 2. The molecular weight excluding hydrogens is 110 g/mol. The summed E-state index contributed by atoms with van der Waals surface area (Å²) in [5.74, 6) is 0.896. The minimum atomic E-state index is 0.514. The summed E-state index contributed by atoms with van der Waals surface area (Å²) in [5.41, 5.74) is 0.514. The number of hydrogen-bond acceptors (Lipinski definition) is 1. The fourth-order valence-corrected chi connectivity index (χ4v) is 1.79. The van der Waals surface area contributed by atoms with E-state index in [0.29, 0.717) is 5.54 Å². The highest BCUT2D eigenvalue weighted by Crippen LogP contribution is 2.31. The van der Waals surface area contributed by atoms with E-state index in [9.17, 15) is 0 Å². The second-order valence-electron chi connectivity index (χ2n) is 3.15. The lowest BCUT2D eigenvalue weighted by Gasteiger charge is -2.48. The lowest BCUT2D eigenvalue weighted by molar-refractivity contribution is 0.104. The SMILES string of the molecule is CCC1(CC)NCC1C. The van der Waals surface area contributed by atoms with Gasteiger partial charge in [0.15, 0.2) is 0 Å². The topological polar surface area (TPSA) is 12.0 Å². The largest absolute Gasteiger partial charge is 0.311 e. The highest BCUT2D eigenvalue weighted by atomic mass is 15.1. The third-order valence-corrected chi connectivity index (χ3v) is 2.97. The van der Waals surface area contributed by atoms with Gasteiger partial charge in [-0.25, -0.2) is 0 Å². The average molecular weight is 127 g/mol. The normalized spacial score (nSPS) is 31.7. The molecular formula is C8H17N. The maximum atomic E-state index is 3.51. The van der Waals surface area contributed by atoms with Crippen molar-refractivity contribution in [2.75, 3.05) is 6.54 Å². The molecule has 0 aromatic carbocycles. The Kier molecular flexibility index (Phi) is 1.80. The zero-order valence-corrected chi connectivity index (χ0v) is 6.70. The van der Waals surface area contributed by atoms with Crippen LogP contribution < -0.4 is 5.32 Å². The molecule has 0 aromatic heterocycles. The van der Waals surface area contributed by atoms with Gasteiger partial charge in [-0.3, -0.25) is 0 Å². The molecule has 1 aliphatic rings. The molecule has 0 bridgehead atoms. The first-order chi connectivity index (χ1) is 4.25. The molecule has 1 aliphatic heterocycles. The predicted molar refractivity (Wildman–Crippen MR) is 40.5 cm³/mol. The second kappa shape index (κ2) is 2.30. The maximum Gasteiger partial charge on any atom is 0.0214 e. The van der Waals surface area contributed by atoms with Crippen molar-refractivity contribution < 1.29 is 0 Å². The van der Waals surface area contributed by atoms with Crippen LogP contribution in [0.15, 0.2) is 0 Å². The van der Waals surface area contributed by atoms with E-state index in [2.05, 4.69) is 26.1 Å². The van der Waals surface area contributed by atoms with E-state index in [4.69, 9.17) is 0 Å². The van der Waals surface area contributed by atoms with Crippen LogP contribution in [0.1, 0.15) is 33.6 Å². The Bertz CT molecular complexity index is 89.2. The van der Waals surface area contributed by atoms with Crippen molar-refractivity contribution in [2.24, 2.45) is 5.92 Å². The van der Waals surface area contributed by atoms with Gasteiger partial charge in [0.25, 0.3) is 0 Å². The van der Waals surface area contributed by atoms with E-state index in [1.54, 1.807) is 0 Å². The molecule has 0 aromatic rings. The van der Waals surface area contributed by atoms with E-state index in [0.717, 1.165) is 5.92 Å². The maximum absolute atomic E-state index is 3.51. The Morgan fingerprint density at radius 2 is 2.00 bits per heavy atom. The summed E-state index contributed by atoms with van der Waals surface area (Å²) in [6, 6.07) is 0. The average Bonchev–Trinajstić information content (AvgIpc) is 1.89. The minimum Gasteiger partial charge on any atom is -0.311 e. The highest BCUT2D eigenvalue weighted by Gasteiger charge is 2.39. The fraction of sp³-hybridized carbons (Fsp3) is 1.00.